The number of nitrogens with one attached hydrogen (secondary N) is 1. The molecule has 4 unspecified atom stereocenters. The molecule has 528 valence electrons. The number of benzene rings is 2. The summed E-state index contributed by atoms with van der Waals surface area (Å²) >= 11 is 2.70. The number of hydrogen-bond acceptors (Lipinski definition) is 19. The summed E-state index contributed by atoms with van der Waals surface area (Å²) in [4.78, 5) is 69.7. The van der Waals surface area contributed by atoms with Gasteiger partial charge in [0.25, 0.3) is 5.92 Å². The van der Waals surface area contributed by atoms with Crippen molar-refractivity contribution < 1.29 is 60.4 Å². The number of β-amino-alcohol motifs (C(OH)–C–C–N with tert-alkyl or cyclic N) is 1. The Kier molecular flexibility index (Phi) is 18.3. The molecule has 5 saturated heterocycles. The van der Waals surface area contributed by atoms with E-state index in [0.717, 1.165) is 45.9 Å². The maximum absolute atomic E-state index is 16.0. The van der Waals surface area contributed by atoms with Crippen LogP contribution in [0.25, 0.3) is 52.9 Å². The number of carbonyl (C=O) groups is 3. The van der Waals surface area contributed by atoms with Crippen molar-refractivity contribution in [3.05, 3.63) is 88.6 Å². The highest BCUT2D eigenvalue weighted by Crippen LogP contribution is 2.61. The molecule has 2 N–H and O–H groups in total. The summed E-state index contributed by atoms with van der Waals surface area (Å²) in [5.74, 6) is -3.26. The summed E-state index contributed by atoms with van der Waals surface area (Å²) in [5.41, 5.74) is 1.80. The van der Waals surface area contributed by atoms with Crippen LogP contribution in [0.5, 0.6) is 6.01 Å². The van der Waals surface area contributed by atoms with E-state index >= 15 is 22.0 Å². The largest absolute Gasteiger partial charge is 0.462 e. The number of anilines is 1. The molecule has 29 heteroatoms. The van der Waals surface area contributed by atoms with Crippen LogP contribution in [0.2, 0.25) is 0 Å². The fourth-order valence-corrected chi connectivity index (χ4v) is 17.3. The molecule has 3 amide bonds. The molecule has 11 heterocycles. The van der Waals surface area contributed by atoms with Gasteiger partial charge >= 0.3 is 18.3 Å². The fourth-order valence-electron chi connectivity index (χ4n) is 15.3. The molecular formula is C70H83F5N14O8S2. The molecule has 2 bridgehead atoms. The molecule has 0 spiro atoms. The van der Waals surface area contributed by atoms with Gasteiger partial charge in [-0.25, -0.2) is 27.9 Å². The number of ether oxygens (including phenoxy) is 4. The van der Waals surface area contributed by atoms with Gasteiger partial charge < -0.3 is 44.1 Å². The Morgan fingerprint density at radius 1 is 0.919 bits per heavy atom. The number of aliphatic hydroxyl groups excluding tert-OH is 1. The number of aliphatic hydroxyl groups is 1. The van der Waals surface area contributed by atoms with E-state index in [9.17, 15) is 19.5 Å². The predicted molar refractivity (Wildman–Crippen MR) is 362 cm³/mol. The van der Waals surface area contributed by atoms with Gasteiger partial charge in [-0.3, -0.25) is 19.5 Å². The third kappa shape index (κ3) is 13.7. The molecule has 2 aromatic carbocycles. The lowest BCUT2D eigenvalue weighted by Crippen LogP contribution is -2.57. The Bertz CT molecular complexity index is 4330. The zero-order chi connectivity index (χ0) is 69.7. The van der Waals surface area contributed by atoms with E-state index in [-0.39, 0.29) is 90.7 Å². The number of thiazole rings is 1. The average molecular weight is 1410 g/mol. The van der Waals surface area contributed by atoms with Crippen molar-refractivity contribution in [2.24, 2.45) is 16.7 Å². The number of likely N-dealkylation sites (tertiary alicyclic amines) is 2. The van der Waals surface area contributed by atoms with Gasteiger partial charge in [-0.15, -0.1) is 27.8 Å². The number of hydrogen-bond donors (Lipinski definition) is 2. The third-order valence-corrected chi connectivity index (χ3v) is 22.4. The van der Waals surface area contributed by atoms with Crippen molar-refractivity contribution >= 4 is 77.6 Å². The normalized spacial score (nSPS) is 23.4. The highest BCUT2D eigenvalue weighted by Gasteiger charge is 2.72. The number of piperazine rings is 1. The highest BCUT2D eigenvalue weighted by molar-refractivity contribution is 7.26. The number of nitrogens with zero attached hydrogens (tertiary/aromatic N) is 13. The number of carbonyl (C=O) groups excluding carboxylic acids is 3. The molecule has 6 aliphatic rings. The van der Waals surface area contributed by atoms with Crippen LogP contribution in [0.15, 0.2) is 60.5 Å². The van der Waals surface area contributed by atoms with Crippen molar-refractivity contribution in [1.82, 2.24) is 64.7 Å². The number of alkyl halides is 5. The maximum Gasteiger partial charge on any atom is 0.417 e. The summed E-state index contributed by atoms with van der Waals surface area (Å²) in [6.45, 7) is 17.2. The minimum atomic E-state index is -4.78. The molecular weight excluding hydrogens is 1320 g/mol. The third-order valence-electron chi connectivity index (χ3n) is 20.3. The Labute approximate surface area is 577 Å². The van der Waals surface area contributed by atoms with Gasteiger partial charge in [0.05, 0.1) is 92.2 Å². The van der Waals surface area contributed by atoms with Crippen molar-refractivity contribution in [2.45, 2.75) is 181 Å². The number of piperidine rings is 1. The van der Waals surface area contributed by atoms with Crippen molar-refractivity contribution in [3.63, 3.8) is 0 Å². The van der Waals surface area contributed by atoms with Crippen LogP contribution in [0, 0.1) is 30.6 Å². The van der Waals surface area contributed by atoms with Crippen LogP contribution in [0.3, 0.4) is 0 Å². The lowest BCUT2D eigenvalue weighted by molar-refractivity contribution is -0.144. The molecule has 14 rings (SSSR count). The first-order valence-electron chi connectivity index (χ1n) is 34.1. The predicted octanol–water partition coefficient (Wildman–Crippen LogP) is 12.1. The SMILES string of the molecule is Cc1cc2c(cnn2C2CCCCO2)c(-c2nccc3c2sc2nc(OC[C@@]4(CN5CCC(COCc6cn(C(C(=O)N7C[C@H](O)C[C@H]7C(=O)NCc7ccc(-c8scnc8C)cc7)C(C)(C)C)nn6)CC5)CC4(F)F)nc(N4CC5CCC(C4)N5C(=O)OC(C)(C)C)c23)c1C(F)(F)F. The van der Waals surface area contributed by atoms with E-state index < -0.39 is 77.6 Å². The van der Waals surface area contributed by atoms with Crippen LogP contribution in [-0.4, -0.2) is 177 Å². The van der Waals surface area contributed by atoms with Gasteiger partial charge in [0, 0.05) is 74.7 Å². The van der Waals surface area contributed by atoms with E-state index in [1.54, 1.807) is 33.2 Å². The molecule has 22 nitrogen and oxygen atoms in total. The van der Waals surface area contributed by atoms with Crippen molar-refractivity contribution in [2.75, 3.05) is 64.0 Å². The fraction of sp³-hybridized carbons (Fsp3) is 0.571. The first kappa shape index (κ1) is 68.6. The number of fused-ring (bicyclic) bond motifs is 6. The summed E-state index contributed by atoms with van der Waals surface area (Å²) in [7, 11) is 0. The van der Waals surface area contributed by atoms with Crippen LogP contribution < -0.4 is 15.0 Å². The summed E-state index contributed by atoms with van der Waals surface area (Å²) in [5, 5.41) is 28.5. The van der Waals surface area contributed by atoms with Crippen molar-refractivity contribution in [3.8, 4) is 27.7 Å². The topological polar surface area (TPSA) is 233 Å². The smallest absolute Gasteiger partial charge is 0.417 e. The zero-order valence-electron chi connectivity index (χ0n) is 56.8. The Hall–Kier alpha value is -7.57. The number of rotatable bonds is 18. The second kappa shape index (κ2) is 26.4. The second-order valence-corrected chi connectivity index (χ2v) is 31.7. The first-order valence-corrected chi connectivity index (χ1v) is 35.8. The van der Waals surface area contributed by atoms with Gasteiger partial charge in [0.15, 0.2) is 6.23 Å². The van der Waals surface area contributed by atoms with E-state index in [0.29, 0.717) is 109 Å². The van der Waals surface area contributed by atoms with E-state index in [4.69, 9.17) is 33.9 Å². The molecule has 5 aliphatic heterocycles. The maximum atomic E-state index is 16.0. The number of thiophene rings is 1. The van der Waals surface area contributed by atoms with Crippen LogP contribution in [0.4, 0.5) is 32.6 Å². The first-order chi connectivity index (χ1) is 47.1. The average Bonchev–Trinajstić information content (AvgIpc) is 1.59. The zero-order valence-corrected chi connectivity index (χ0v) is 58.4. The Morgan fingerprint density at radius 2 is 1.67 bits per heavy atom. The molecule has 1 aliphatic carbocycles. The van der Waals surface area contributed by atoms with Gasteiger partial charge in [0.1, 0.15) is 40.6 Å². The van der Waals surface area contributed by atoms with E-state index in [1.165, 1.54) is 35.0 Å². The molecule has 8 aromatic rings. The summed E-state index contributed by atoms with van der Waals surface area (Å²) in [6, 6.07) is 8.69. The Morgan fingerprint density at radius 3 is 2.33 bits per heavy atom. The lowest BCUT2D eigenvalue weighted by Gasteiger charge is -2.42. The van der Waals surface area contributed by atoms with Gasteiger partial charge in [-0.1, -0.05) is 50.3 Å². The molecule has 7 atom stereocenters. The standard InChI is InChI=1S/C70H83F5N14O8S2/c1-39-25-50-49(28-79-89(50)52-11-9-10-24-95-52)53(55(39)70(73,74)75)56-58-48(18-21-76-56)54-60(85-30-45-16-17-46(31-85)88(45)65(93)97-67(6,7)8)80-64(81-62(54)99-58)96-37-68(35-69(68,71)72)36-84-22-19-42(20-23-84)33-94-34-44-29-87(83-82-44)59(66(3,4)5)63(92)86-32-47(90)26-51(86)61(91)77-27-41-12-14-43(15-13-41)57-40(2)78-38-98-57/h12-15,18,21,25,28-29,38,42,45-47,51-52,59,90H,9-11,16-17,19-20,22-24,26-27,30-37H2,1-8H3,(H,77,91)/t45?,46?,47-,51+,52?,59?,68+/m1/s1. The Balaban J connectivity index is 0.648. The molecule has 1 saturated carbocycles. The minimum absolute atomic E-state index is 0.00267. The molecule has 6 fully saturated rings. The second-order valence-electron chi connectivity index (χ2n) is 29.8. The van der Waals surface area contributed by atoms with Gasteiger partial charge in [-0.05, 0) is 133 Å². The number of pyridine rings is 1. The van der Waals surface area contributed by atoms with Crippen LogP contribution in [0.1, 0.15) is 140 Å². The van der Waals surface area contributed by atoms with Crippen LogP contribution >= 0.6 is 22.7 Å². The van der Waals surface area contributed by atoms with E-state index in [1.807, 2.05) is 88.0 Å². The summed E-state index contributed by atoms with van der Waals surface area (Å²) < 4.78 is 107. The van der Waals surface area contributed by atoms with Gasteiger partial charge in [-0.2, -0.15) is 28.2 Å². The number of amides is 3. The quantitative estimate of drug-likeness (QED) is 0.0760. The van der Waals surface area contributed by atoms with Crippen LogP contribution in [-0.2, 0) is 43.1 Å². The minimum Gasteiger partial charge on any atom is -0.462 e. The number of aromatic nitrogens is 9. The molecule has 99 heavy (non-hydrogen) atoms. The monoisotopic (exact) mass is 1410 g/mol. The summed E-state index contributed by atoms with van der Waals surface area (Å²) in [6.07, 6.45) is 2.91. The lowest BCUT2D eigenvalue weighted by atomic mass is 9.85. The van der Waals surface area contributed by atoms with Crippen molar-refractivity contribution in [1.29, 1.82) is 0 Å². The number of aryl methyl sites for hydroxylation is 2. The van der Waals surface area contributed by atoms with Gasteiger partial charge in [0.2, 0.25) is 11.8 Å². The highest BCUT2D eigenvalue weighted by atomic mass is 32.1. The molecule has 6 aromatic heterocycles. The molecule has 0 radical (unpaired) electrons. The van der Waals surface area contributed by atoms with E-state index in [2.05, 4.69) is 25.7 Å². The number of halogens is 5.